The number of amides is 1. The average molecular weight is 461 g/mol. The van der Waals surface area contributed by atoms with Gasteiger partial charge in [0.15, 0.2) is 0 Å². The van der Waals surface area contributed by atoms with Gasteiger partial charge in [-0.3, -0.25) is 9.00 Å². The molecule has 0 bridgehead atoms. The predicted octanol–water partition coefficient (Wildman–Crippen LogP) is 3.15. The molecule has 1 saturated heterocycles. The topological polar surface area (TPSA) is 59.1 Å². The standard InChI is InChI=1S/C24H29FN2O4S/c1-3-30-22-13-18-12-17(2)31-23(18)14-19(22)15-32(29)16-24(28)27-10-8-26(9-11-27)21-6-4-20(25)5-7-21/h4-7,13-14,17H,3,8-12,15-16H2,1-2H3/t17-,32-/m1/s1. The largest absolute Gasteiger partial charge is 0.494 e. The summed E-state index contributed by atoms with van der Waals surface area (Å²) in [6.45, 7) is 6.91. The molecule has 8 heteroatoms. The number of piperazine rings is 1. The van der Waals surface area contributed by atoms with Crippen LogP contribution in [0.15, 0.2) is 36.4 Å². The van der Waals surface area contributed by atoms with Gasteiger partial charge >= 0.3 is 0 Å². The fourth-order valence-electron chi connectivity index (χ4n) is 4.20. The Kier molecular flexibility index (Phi) is 6.98. The van der Waals surface area contributed by atoms with Gasteiger partial charge in [0, 0.05) is 60.2 Å². The Morgan fingerprint density at radius 1 is 1.19 bits per heavy atom. The van der Waals surface area contributed by atoms with Crippen molar-refractivity contribution in [2.75, 3.05) is 43.4 Å². The van der Waals surface area contributed by atoms with Crippen LogP contribution >= 0.6 is 0 Å². The van der Waals surface area contributed by atoms with Gasteiger partial charge in [0.25, 0.3) is 0 Å². The van der Waals surface area contributed by atoms with Crippen LogP contribution in [0, 0.1) is 5.82 Å². The SMILES string of the molecule is CCOc1cc2c(cc1C[S@@](=O)CC(=O)N1CCN(c3ccc(F)cc3)CC1)O[C@H](C)C2. The van der Waals surface area contributed by atoms with E-state index in [1.807, 2.05) is 26.0 Å². The van der Waals surface area contributed by atoms with E-state index >= 15 is 0 Å². The van der Waals surface area contributed by atoms with Gasteiger partial charge in [0.1, 0.15) is 29.2 Å². The van der Waals surface area contributed by atoms with Crippen LogP contribution in [0.3, 0.4) is 0 Å². The Morgan fingerprint density at radius 2 is 1.91 bits per heavy atom. The Labute approximate surface area is 190 Å². The summed E-state index contributed by atoms with van der Waals surface area (Å²) >= 11 is 0. The van der Waals surface area contributed by atoms with Crippen LogP contribution in [0.5, 0.6) is 11.5 Å². The molecule has 0 N–H and O–H groups in total. The van der Waals surface area contributed by atoms with E-state index in [2.05, 4.69) is 4.90 Å². The Balaban J connectivity index is 1.33. The number of hydrogen-bond acceptors (Lipinski definition) is 5. The van der Waals surface area contributed by atoms with Crippen molar-refractivity contribution in [2.45, 2.75) is 32.1 Å². The molecule has 0 aliphatic carbocycles. The summed E-state index contributed by atoms with van der Waals surface area (Å²) in [4.78, 5) is 16.6. The fraction of sp³-hybridized carbons (Fsp3) is 0.458. The predicted molar refractivity (Wildman–Crippen MR) is 123 cm³/mol. The van der Waals surface area contributed by atoms with Crippen molar-refractivity contribution < 1.29 is 22.9 Å². The second-order valence-electron chi connectivity index (χ2n) is 8.21. The number of nitrogens with zero attached hydrogens (tertiary/aromatic N) is 2. The van der Waals surface area contributed by atoms with Crippen molar-refractivity contribution >= 4 is 22.4 Å². The Bertz CT molecular complexity index is 990. The summed E-state index contributed by atoms with van der Waals surface area (Å²) in [7, 11) is -1.35. The molecule has 1 amide bonds. The number of carbonyl (C=O) groups is 1. The molecular weight excluding hydrogens is 431 g/mol. The van der Waals surface area contributed by atoms with Crippen LogP contribution in [0.1, 0.15) is 25.0 Å². The second kappa shape index (κ2) is 9.90. The number of ether oxygens (including phenoxy) is 2. The maximum absolute atomic E-state index is 13.1. The maximum Gasteiger partial charge on any atom is 0.235 e. The highest BCUT2D eigenvalue weighted by Crippen LogP contribution is 2.35. The monoisotopic (exact) mass is 460 g/mol. The number of carbonyl (C=O) groups excluding carboxylic acids is 1. The third-order valence-electron chi connectivity index (χ3n) is 5.80. The van der Waals surface area contributed by atoms with Crippen LogP contribution in [-0.2, 0) is 27.8 Å². The van der Waals surface area contributed by atoms with Crippen molar-refractivity contribution in [1.82, 2.24) is 4.90 Å². The van der Waals surface area contributed by atoms with Crippen molar-refractivity contribution in [3.8, 4) is 11.5 Å². The lowest BCUT2D eigenvalue weighted by Crippen LogP contribution is -2.50. The van der Waals surface area contributed by atoms with Crippen LogP contribution in [-0.4, -0.2) is 59.7 Å². The lowest BCUT2D eigenvalue weighted by atomic mass is 10.1. The molecule has 2 heterocycles. The zero-order valence-electron chi connectivity index (χ0n) is 18.5. The molecule has 1 fully saturated rings. The van der Waals surface area contributed by atoms with Crippen molar-refractivity contribution in [3.63, 3.8) is 0 Å². The highest BCUT2D eigenvalue weighted by Gasteiger charge is 2.25. The van der Waals surface area contributed by atoms with Gasteiger partial charge in [-0.1, -0.05) is 0 Å². The molecule has 6 nitrogen and oxygen atoms in total. The molecule has 0 saturated carbocycles. The molecule has 2 aromatic carbocycles. The van der Waals surface area contributed by atoms with Crippen molar-refractivity contribution in [2.24, 2.45) is 0 Å². The molecule has 0 unspecified atom stereocenters. The van der Waals surface area contributed by atoms with Crippen LogP contribution in [0.4, 0.5) is 10.1 Å². The average Bonchev–Trinajstić information content (AvgIpc) is 3.13. The lowest BCUT2D eigenvalue weighted by molar-refractivity contribution is -0.128. The van der Waals surface area contributed by atoms with Crippen LogP contribution in [0.25, 0.3) is 0 Å². The van der Waals surface area contributed by atoms with E-state index in [1.165, 1.54) is 12.1 Å². The zero-order valence-corrected chi connectivity index (χ0v) is 19.3. The molecule has 2 aromatic rings. The molecular formula is C24H29FN2O4S. The second-order valence-corrected chi connectivity index (χ2v) is 9.66. The minimum Gasteiger partial charge on any atom is -0.494 e. The smallest absolute Gasteiger partial charge is 0.235 e. The van der Waals surface area contributed by atoms with E-state index in [0.717, 1.165) is 34.7 Å². The molecule has 2 aliphatic rings. The van der Waals surface area contributed by atoms with Gasteiger partial charge in [-0.05, 0) is 50.2 Å². The Morgan fingerprint density at radius 3 is 2.59 bits per heavy atom. The maximum atomic E-state index is 13.1. The minimum absolute atomic E-state index is 0.0174. The van der Waals surface area contributed by atoms with Gasteiger partial charge in [-0.25, -0.2) is 4.39 Å². The van der Waals surface area contributed by atoms with Gasteiger partial charge < -0.3 is 19.3 Å². The molecule has 4 rings (SSSR count). The first-order valence-electron chi connectivity index (χ1n) is 11.0. The minimum atomic E-state index is -1.35. The van der Waals surface area contributed by atoms with E-state index in [0.29, 0.717) is 32.8 Å². The molecule has 0 radical (unpaired) electrons. The van der Waals surface area contributed by atoms with Gasteiger partial charge in [-0.15, -0.1) is 0 Å². The van der Waals surface area contributed by atoms with Gasteiger partial charge in [0.05, 0.1) is 12.4 Å². The summed E-state index contributed by atoms with van der Waals surface area (Å²) in [5, 5.41) is 0. The summed E-state index contributed by atoms with van der Waals surface area (Å²) in [6.07, 6.45) is 0.955. The third-order valence-corrected chi connectivity index (χ3v) is 7.01. The third kappa shape index (κ3) is 5.23. The van der Waals surface area contributed by atoms with Crippen LogP contribution in [0.2, 0.25) is 0 Å². The normalized spacial score (nSPS) is 18.8. The van der Waals surface area contributed by atoms with E-state index in [1.54, 1.807) is 17.0 Å². The summed E-state index contributed by atoms with van der Waals surface area (Å²) in [5.41, 5.74) is 2.86. The van der Waals surface area contributed by atoms with E-state index in [9.17, 15) is 13.4 Å². The van der Waals surface area contributed by atoms with Gasteiger partial charge in [0.2, 0.25) is 5.91 Å². The van der Waals surface area contributed by atoms with E-state index < -0.39 is 10.8 Å². The molecule has 0 spiro atoms. The molecule has 32 heavy (non-hydrogen) atoms. The first-order valence-corrected chi connectivity index (χ1v) is 12.5. The number of fused-ring (bicyclic) bond motifs is 1. The number of benzene rings is 2. The zero-order chi connectivity index (χ0) is 22.7. The van der Waals surface area contributed by atoms with Crippen LogP contribution < -0.4 is 14.4 Å². The highest BCUT2D eigenvalue weighted by atomic mass is 32.2. The molecule has 2 atom stereocenters. The quantitative estimate of drug-likeness (QED) is 0.635. The highest BCUT2D eigenvalue weighted by molar-refractivity contribution is 7.84. The van der Waals surface area contributed by atoms with Gasteiger partial charge in [-0.2, -0.15) is 0 Å². The van der Waals surface area contributed by atoms with E-state index in [4.69, 9.17) is 9.47 Å². The summed E-state index contributed by atoms with van der Waals surface area (Å²) in [6, 6.07) is 10.3. The van der Waals surface area contributed by atoms with Crippen molar-refractivity contribution in [3.05, 3.63) is 53.3 Å². The summed E-state index contributed by atoms with van der Waals surface area (Å²) in [5.74, 6) is 1.40. The molecule has 172 valence electrons. The first-order chi connectivity index (χ1) is 15.4. The number of anilines is 1. The van der Waals surface area contributed by atoms with E-state index in [-0.39, 0.29) is 29.3 Å². The summed E-state index contributed by atoms with van der Waals surface area (Å²) < 4.78 is 37.6. The number of halogens is 1. The fourth-order valence-corrected chi connectivity index (χ4v) is 5.34. The van der Waals surface area contributed by atoms with Crippen molar-refractivity contribution in [1.29, 1.82) is 0 Å². The molecule has 0 aromatic heterocycles. The number of hydrogen-bond donors (Lipinski definition) is 0. The molecule has 2 aliphatic heterocycles. The lowest BCUT2D eigenvalue weighted by Gasteiger charge is -2.36. The Hall–Kier alpha value is -2.61. The number of rotatable bonds is 7. The first kappa shape index (κ1) is 22.6.